The highest BCUT2D eigenvalue weighted by atomic mass is 79.9. The third-order valence-electron chi connectivity index (χ3n) is 2.94. The van der Waals surface area contributed by atoms with Crippen LogP contribution < -0.4 is 5.32 Å². The maximum atomic E-state index is 9.69. The van der Waals surface area contributed by atoms with Crippen LogP contribution in [0.25, 0.3) is 0 Å². The second-order valence-electron chi connectivity index (χ2n) is 4.29. The number of benzene rings is 2. The molecule has 0 aromatic heterocycles. The van der Waals surface area contributed by atoms with E-state index < -0.39 is 0 Å². The zero-order chi connectivity index (χ0) is 13.0. The molecule has 0 heterocycles. The van der Waals surface area contributed by atoms with E-state index in [2.05, 4.69) is 40.3 Å². The summed E-state index contributed by atoms with van der Waals surface area (Å²) >= 11 is 3.47. The summed E-state index contributed by atoms with van der Waals surface area (Å²) in [4.78, 5) is 0. The zero-order valence-electron chi connectivity index (χ0n) is 10.2. The van der Waals surface area contributed by atoms with Crippen molar-refractivity contribution >= 4 is 15.9 Å². The van der Waals surface area contributed by atoms with Gasteiger partial charge in [-0.05, 0) is 30.7 Å². The fourth-order valence-corrected chi connectivity index (χ4v) is 2.23. The smallest absolute Gasteiger partial charge is 0.120 e. The molecule has 0 aliphatic carbocycles. The first-order valence-corrected chi connectivity index (χ1v) is 6.72. The number of hydrogen-bond acceptors (Lipinski definition) is 2. The fourth-order valence-electron chi connectivity index (χ4n) is 1.82. The molecule has 0 saturated carbocycles. The lowest BCUT2D eigenvalue weighted by molar-refractivity contribution is 0.460. The summed E-state index contributed by atoms with van der Waals surface area (Å²) in [7, 11) is 0. The fraction of sp³-hybridized carbons (Fsp3) is 0.200. The Balaban J connectivity index is 2.00. The number of aromatic hydroxyl groups is 1. The number of nitrogens with one attached hydrogen (secondary N) is 1. The van der Waals surface area contributed by atoms with E-state index in [0.29, 0.717) is 12.3 Å². The second kappa shape index (κ2) is 6.03. The molecular formula is C15H16BrNO. The Hall–Kier alpha value is -1.32. The lowest BCUT2D eigenvalue weighted by atomic mass is 10.1. The maximum Gasteiger partial charge on any atom is 0.120 e. The third-order valence-corrected chi connectivity index (χ3v) is 3.43. The molecule has 2 aromatic carbocycles. The largest absolute Gasteiger partial charge is 0.508 e. The lowest BCUT2D eigenvalue weighted by Crippen LogP contribution is -2.18. The first kappa shape index (κ1) is 13.1. The molecule has 0 fully saturated rings. The van der Waals surface area contributed by atoms with E-state index in [0.717, 1.165) is 10.0 Å². The summed E-state index contributed by atoms with van der Waals surface area (Å²) in [5, 5.41) is 13.1. The van der Waals surface area contributed by atoms with Crippen molar-refractivity contribution in [1.82, 2.24) is 5.32 Å². The van der Waals surface area contributed by atoms with Crippen molar-refractivity contribution in [2.45, 2.75) is 19.5 Å². The highest BCUT2D eigenvalue weighted by molar-refractivity contribution is 9.10. The number of phenols is 1. The molecule has 2 rings (SSSR count). The highest BCUT2D eigenvalue weighted by Crippen LogP contribution is 2.20. The number of para-hydroxylation sites is 1. The van der Waals surface area contributed by atoms with Crippen molar-refractivity contribution < 1.29 is 5.11 Å². The summed E-state index contributed by atoms with van der Waals surface area (Å²) in [6, 6.07) is 15.9. The van der Waals surface area contributed by atoms with Gasteiger partial charge in [0.1, 0.15) is 5.75 Å². The molecule has 2 aromatic rings. The second-order valence-corrected chi connectivity index (χ2v) is 5.20. The molecule has 2 N–H and O–H groups in total. The molecule has 18 heavy (non-hydrogen) atoms. The van der Waals surface area contributed by atoms with Gasteiger partial charge in [-0.1, -0.05) is 46.3 Å². The first-order chi connectivity index (χ1) is 8.66. The van der Waals surface area contributed by atoms with Crippen molar-refractivity contribution in [3.05, 3.63) is 64.1 Å². The van der Waals surface area contributed by atoms with E-state index >= 15 is 0 Å². The average molecular weight is 306 g/mol. The van der Waals surface area contributed by atoms with Crippen molar-refractivity contribution in [3.63, 3.8) is 0 Å². The molecule has 0 amide bonds. The molecule has 0 saturated heterocycles. The molecule has 94 valence electrons. The van der Waals surface area contributed by atoms with Crippen LogP contribution >= 0.6 is 15.9 Å². The molecule has 0 aliphatic heterocycles. The molecular weight excluding hydrogens is 290 g/mol. The van der Waals surface area contributed by atoms with Gasteiger partial charge in [0.25, 0.3) is 0 Å². The van der Waals surface area contributed by atoms with Gasteiger partial charge in [0.15, 0.2) is 0 Å². The van der Waals surface area contributed by atoms with Gasteiger partial charge in [0.2, 0.25) is 0 Å². The van der Waals surface area contributed by atoms with Gasteiger partial charge in [-0.15, -0.1) is 0 Å². The predicted octanol–water partition coefficient (Wildman–Crippen LogP) is 4.01. The zero-order valence-corrected chi connectivity index (χ0v) is 11.8. The molecule has 0 spiro atoms. The molecule has 1 unspecified atom stereocenters. The van der Waals surface area contributed by atoms with Crippen molar-refractivity contribution in [2.75, 3.05) is 0 Å². The summed E-state index contributed by atoms with van der Waals surface area (Å²) < 4.78 is 1.08. The Morgan fingerprint density at radius 1 is 1.17 bits per heavy atom. The van der Waals surface area contributed by atoms with E-state index in [1.807, 2.05) is 30.3 Å². The third kappa shape index (κ3) is 3.34. The predicted molar refractivity (Wildman–Crippen MR) is 77.5 cm³/mol. The molecule has 0 aliphatic rings. The van der Waals surface area contributed by atoms with Crippen LogP contribution in [0.15, 0.2) is 53.0 Å². The lowest BCUT2D eigenvalue weighted by Gasteiger charge is -2.15. The summed E-state index contributed by atoms with van der Waals surface area (Å²) in [5.41, 5.74) is 2.14. The number of phenolic OH excluding ortho intramolecular Hbond substituents is 1. The van der Waals surface area contributed by atoms with Gasteiger partial charge < -0.3 is 10.4 Å². The molecule has 0 radical (unpaired) electrons. The quantitative estimate of drug-likeness (QED) is 0.894. The SMILES string of the molecule is CC(NCc1ccccc1O)c1cccc(Br)c1. The molecule has 0 bridgehead atoms. The normalized spacial score (nSPS) is 12.3. The van der Waals surface area contributed by atoms with Gasteiger partial charge in [-0.3, -0.25) is 0 Å². The van der Waals surface area contributed by atoms with E-state index in [9.17, 15) is 5.11 Å². The Labute approximate surface area is 116 Å². The minimum atomic E-state index is 0.238. The van der Waals surface area contributed by atoms with Crippen LogP contribution in [0.5, 0.6) is 5.75 Å². The van der Waals surface area contributed by atoms with Gasteiger partial charge in [-0.2, -0.15) is 0 Å². The Bertz CT molecular complexity index is 527. The number of halogens is 1. The van der Waals surface area contributed by atoms with Crippen molar-refractivity contribution in [1.29, 1.82) is 0 Å². The highest BCUT2D eigenvalue weighted by Gasteiger charge is 2.06. The van der Waals surface area contributed by atoms with Crippen LogP contribution in [-0.4, -0.2) is 5.11 Å². The maximum absolute atomic E-state index is 9.69. The Morgan fingerprint density at radius 3 is 2.67 bits per heavy atom. The van der Waals surface area contributed by atoms with Crippen LogP contribution in [-0.2, 0) is 6.54 Å². The monoisotopic (exact) mass is 305 g/mol. The van der Waals surface area contributed by atoms with E-state index in [1.165, 1.54) is 5.56 Å². The molecule has 2 nitrogen and oxygen atoms in total. The van der Waals surface area contributed by atoms with Crippen LogP contribution in [0.3, 0.4) is 0 Å². The van der Waals surface area contributed by atoms with Crippen molar-refractivity contribution in [3.8, 4) is 5.75 Å². The van der Waals surface area contributed by atoms with E-state index in [-0.39, 0.29) is 6.04 Å². The minimum Gasteiger partial charge on any atom is -0.508 e. The minimum absolute atomic E-state index is 0.238. The Kier molecular flexibility index (Phi) is 4.39. The van der Waals surface area contributed by atoms with Crippen LogP contribution in [0, 0.1) is 0 Å². The van der Waals surface area contributed by atoms with Crippen LogP contribution in [0.2, 0.25) is 0 Å². The average Bonchev–Trinajstić information content (AvgIpc) is 2.37. The molecule has 1 atom stereocenters. The standard InChI is InChI=1S/C15H16BrNO/c1-11(12-6-4-7-14(16)9-12)17-10-13-5-2-3-8-15(13)18/h2-9,11,17-18H,10H2,1H3. The number of hydrogen-bond donors (Lipinski definition) is 2. The summed E-state index contributed by atoms with van der Waals surface area (Å²) in [6.45, 7) is 2.77. The van der Waals surface area contributed by atoms with Gasteiger partial charge in [0, 0.05) is 22.6 Å². The van der Waals surface area contributed by atoms with Crippen LogP contribution in [0.4, 0.5) is 0 Å². The summed E-state index contributed by atoms with van der Waals surface area (Å²) in [6.07, 6.45) is 0. The van der Waals surface area contributed by atoms with E-state index in [4.69, 9.17) is 0 Å². The topological polar surface area (TPSA) is 32.3 Å². The number of rotatable bonds is 4. The van der Waals surface area contributed by atoms with Gasteiger partial charge in [-0.25, -0.2) is 0 Å². The van der Waals surface area contributed by atoms with Gasteiger partial charge in [0.05, 0.1) is 0 Å². The molecule has 3 heteroatoms. The van der Waals surface area contributed by atoms with E-state index in [1.54, 1.807) is 6.07 Å². The Morgan fingerprint density at radius 2 is 1.94 bits per heavy atom. The van der Waals surface area contributed by atoms with Crippen molar-refractivity contribution in [2.24, 2.45) is 0 Å². The van der Waals surface area contributed by atoms with Gasteiger partial charge >= 0.3 is 0 Å². The summed E-state index contributed by atoms with van der Waals surface area (Å²) in [5.74, 6) is 0.339. The first-order valence-electron chi connectivity index (χ1n) is 5.92. The van der Waals surface area contributed by atoms with Crippen LogP contribution in [0.1, 0.15) is 24.1 Å².